The number of rotatable bonds is 5. The lowest BCUT2D eigenvalue weighted by molar-refractivity contribution is 0.0320. The molecule has 2 unspecified atom stereocenters. The van der Waals surface area contributed by atoms with Crippen LogP contribution in [0.25, 0.3) is 0 Å². The molecule has 96 valence electrons. The first-order valence-corrected chi connectivity index (χ1v) is 6.04. The Morgan fingerprint density at radius 3 is 2.31 bits per heavy atom. The van der Waals surface area contributed by atoms with E-state index in [-0.39, 0.29) is 18.6 Å². The minimum absolute atomic E-state index is 0.0337. The van der Waals surface area contributed by atoms with E-state index in [0.29, 0.717) is 12.1 Å². The van der Waals surface area contributed by atoms with Gasteiger partial charge in [0.1, 0.15) is 0 Å². The lowest BCUT2D eigenvalue weighted by atomic mass is 9.92. The van der Waals surface area contributed by atoms with E-state index in [1.54, 1.807) is 0 Å². The first-order valence-electron chi connectivity index (χ1n) is 6.04. The van der Waals surface area contributed by atoms with Gasteiger partial charge in [0.25, 0.3) is 0 Å². The predicted molar refractivity (Wildman–Crippen MR) is 65.4 cm³/mol. The maximum Gasteiger partial charge on any atom is 0.0519 e. The average molecular weight is 230 g/mol. The van der Waals surface area contributed by atoms with Crippen LogP contribution in [0.3, 0.4) is 0 Å². The van der Waals surface area contributed by atoms with E-state index in [1.165, 1.54) is 6.42 Å². The Morgan fingerprint density at radius 1 is 1.38 bits per heavy atom. The Bertz CT molecular complexity index is 209. The smallest absolute Gasteiger partial charge is 0.0519 e. The molecule has 2 atom stereocenters. The molecule has 0 aliphatic carbocycles. The van der Waals surface area contributed by atoms with Crippen LogP contribution in [0.2, 0.25) is 0 Å². The summed E-state index contributed by atoms with van der Waals surface area (Å²) in [7, 11) is 4.23. The highest BCUT2D eigenvalue weighted by molar-refractivity contribution is 4.88. The van der Waals surface area contributed by atoms with Crippen LogP contribution in [0.5, 0.6) is 0 Å². The fraction of sp³-hybridized carbons (Fsp3) is 1.00. The van der Waals surface area contributed by atoms with Crippen molar-refractivity contribution in [3.8, 4) is 0 Å². The topological polar surface area (TPSA) is 46.9 Å². The molecule has 0 radical (unpaired) electrons. The summed E-state index contributed by atoms with van der Waals surface area (Å²) in [6, 6.07) is 1.17. The van der Waals surface area contributed by atoms with Crippen LogP contribution in [0, 0.1) is 5.41 Å². The Kier molecular flexibility index (Phi) is 4.73. The highest BCUT2D eigenvalue weighted by Gasteiger charge is 2.32. The number of hydrogen-bond acceptors (Lipinski definition) is 4. The van der Waals surface area contributed by atoms with E-state index in [0.717, 1.165) is 13.1 Å². The molecule has 1 heterocycles. The molecule has 0 spiro atoms. The summed E-state index contributed by atoms with van der Waals surface area (Å²) in [6.45, 7) is 6.05. The normalized spacial score (nSPS) is 27.9. The molecule has 0 aromatic heterocycles. The van der Waals surface area contributed by atoms with Gasteiger partial charge in [-0.25, -0.2) is 0 Å². The third kappa shape index (κ3) is 3.17. The van der Waals surface area contributed by atoms with E-state index in [9.17, 15) is 10.2 Å². The molecule has 16 heavy (non-hydrogen) atoms. The van der Waals surface area contributed by atoms with Crippen LogP contribution < -0.4 is 0 Å². The van der Waals surface area contributed by atoms with Crippen molar-refractivity contribution >= 4 is 0 Å². The summed E-state index contributed by atoms with van der Waals surface area (Å²) in [5.41, 5.74) is -0.390. The Morgan fingerprint density at radius 2 is 1.94 bits per heavy atom. The summed E-state index contributed by atoms with van der Waals surface area (Å²) >= 11 is 0. The number of aliphatic hydroxyl groups excluding tert-OH is 2. The molecule has 4 heteroatoms. The molecule has 1 fully saturated rings. The van der Waals surface area contributed by atoms with Gasteiger partial charge in [-0.05, 0) is 27.4 Å². The molecule has 1 aliphatic rings. The molecule has 0 aromatic carbocycles. The molecule has 1 aliphatic heterocycles. The molecule has 0 aromatic rings. The summed E-state index contributed by atoms with van der Waals surface area (Å²) < 4.78 is 0. The zero-order valence-corrected chi connectivity index (χ0v) is 11.0. The summed E-state index contributed by atoms with van der Waals surface area (Å²) in [5.74, 6) is 0. The molecular weight excluding hydrogens is 204 g/mol. The summed E-state index contributed by atoms with van der Waals surface area (Å²) in [6.07, 6.45) is 1.17. The summed E-state index contributed by atoms with van der Waals surface area (Å²) in [4.78, 5) is 4.63. The van der Waals surface area contributed by atoms with Crippen molar-refractivity contribution in [1.82, 2.24) is 9.80 Å². The summed E-state index contributed by atoms with van der Waals surface area (Å²) in [5, 5.41) is 18.6. The molecule has 2 N–H and O–H groups in total. The van der Waals surface area contributed by atoms with Gasteiger partial charge in [-0.3, -0.25) is 0 Å². The van der Waals surface area contributed by atoms with Crippen molar-refractivity contribution in [3.05, 3.63) is 0 Å². The maximum atomic E-state index is 9.28. The maximum absolute atomic E-state index is 9.28. The van der Waals surface area contributed by atoms with Crippen molar-refractivity contribution in [1.29, 1.82) is 0 Å². The second-order valence-corrected chi connectivity index (χ2v) is 5.72. The first kappa shape index (κ1) is 13.9. The molecule has 0 saturated carbocycles. The second-order valence-electron chi connectivity index (χ2n) is 5.72. The second kappa shape index (κ2) is 5.45. The highest BCUT2D eigenvalue weighted by Crippen LogP contribution is 2.23. The zero-order chi connectivity index (χ0) is 12.3. The molecule has 1 rings (SSSR count). The van der Waals surface area contributed by atoms with E-state index in [2.05, 4.69) is 30.8 Å². The van der Waals surface area contributed by atoms with Crippen LogP contribution >= 0.6 is 0 Å². The van der Waals surface area contributed by atoms with Crippen LogP contribution in [0.4, 0.5) is 0 Å². The van der Waals surface area contributed by atoms with Crippen LogP contribution in [0.15, 0.2) is 0 Å². The van der Waals surface area contributed by atoms with Crippen molar-refractivity contribution in [2.45, 2.75) is 32.4 Å². The van der Waals surface area contributed by atoms with Crippen molar-refractivity contribution in [3.63, 3.8) is 0 Å². The monoisotopic (exact) mass is 230 g/mol. The molecule has 1 saturated heterocycles. The highest BCUT2D eigenvalue weighted by atomic mass is 16.3. The number of hydrogen-bond donors (Lipinski definition) is 2. The van der Waals surface area contributed by atoms with Gasteiger partial charge in [0.2, 0.25) is 0 Å². The predicted octanol–water partition coefficient (Wildman–Crippen LogP) is 0.00170. The lowest BCUT2D eigenvalue weighted by Gasteiger charge is -2.33. The Balaban J connectivity index is 2.49. The van der Waals surface area contributed by atoms with E-state index in [1.807, 2.05) is 6.92 Å². The van der Waals surface area contributed by atoms with Crippen molar-refractivity contribution in [2.24, 2.45) is 5.41 Å². The number of nitrogens with zero attached hydrogens (tertiary/aromatic N) is 2. The van der Waals surface area contributed by atoms with E-state index >= 15 is 0 Å². The van der Waals surface area contributed by atoms with Crippen molar-refractivity contribution < 1.29 is 10.2 Å². The average Bonchev–Trinajstić information content (AvgIpc) is 2.59. The number of aliphatic hydroxyl groups is 2. The molecular formula is C12H26N2O2. The van der Waals surface area contributed by atoms with Crippen LogP contribution in [-0.4, -0.2) is 72.5 Å². The van der Waals surface area contributed by atoms with Crippen molar-refractivity contribution in [2.75, 3.05) is 40.4 Å². The van der Waals surface area contributed by atoms with Gasteiger partial charge in [-0.2, -0.15) is 0 Å². The Hall–Kier alpha value is -0.160. The molecule has 0 amide bonds. The van der Waals surface area contributed by atoms with Gasteiger partial charge < -0.3 is 20.0 Å². The quantitative estimate of drug-likeness (QED) is 0.698. The van der Waals surface area contributed by atoms with Gasteiger partial charge in [0, 0.05) is 30.6 Å². The first-order chi connectivity index (χ1) is 7.41. The lowest BCUT2D eigenvalue weighted by Crippen LogP contribution is -2.44. The third-order valence-corrected chi connectivity index (χ3v) is 3.88. The fourth-order valence-electron chi connectivity index (χ4n) is 2.36. The van der Waals surface area contributed by atoms with Gasteiger partial charge >= 0.3 is 0 Å². The van der Waals surface area contributed by atoms with Crippen LogP contribution in [-0.2, 0) is 0 Å². The molecule has 4 nitrogen and oxygen atoms in total. The number of likely N-dealkylation sites (tertiary alicyclic amines) is 1. The molecule has 0 bridgehead atoms. The minimum atomic E-state index is -0.390. The van der Waals surface area contributed by atoms with Gasteiger partial charge in [-0.1, -0.05) is 6.92 Å². The minimum Gasteiger partial charge on any atom is -0.396 e. The van der Waals surface area contributed by atoms with Crippen LogP contribution in [0.1, 0.15) is 20.3 Å². The number of likely N-dealkylation sites (N-methyl/N-ethyl adjacent to an activating group) is 2. The fourth-order valence-corrected chi connectivity index (χ4v) is 2.36. The standard InChI is InChI=1S/C12H26N2O2/c1-10-5-11(6-13(10)3)14(4)7-12(2,8-15)9-16/h10-11,15-16H,5-9H2,1-4H3. The van der Waals surface area contributed by atoms with Gasteiger partial charge in [0.05, 0.1) is 13.2 Å². The Labute approximate surface area is 98.9 Å². The largest absolute Gasteiger partial charge is 0.396 e. The van der Waals surface area contributed by atoms with Gasteiger partial charge in [-0.15, -0.1) is 0 Å². The van der Waals surface area contributed by atoms with Gasteiger partial charge in [0.15, 0.2) is 0 Å². The third-order valence-electron chi connectivity index (χ3n) is 3.88. The zero-order valence-electron chi connectivity index (χ0n) is 11.0. The SMILES string of the molecule is CC1CC(N(C)CC(C)(CO)CO)CN1C. The van der Waals surface area contributed by atoms with E-state index < -0.39 is 0 Å². The van der Waals surface area contributed by atoms with E-state index in [4.69, 9.17) is 0 Å².